The van der Waals surface area contributed by atoms with Crippen molar-refractivity contribution < 1.29 is 23.8 Å². The van der Waals surface area contributed by atoms with E-state index in [0.717, 1.165) is 4.70 Å². The first-order chi connectivity index (χ1) is 13.9. The lowest BCUT2D eigenvalue weighted by atomic mass is 10.2. The van der Waals surface area contributed by atoms with Gasteiger partial charge in [0.2, 0.25) is 0 Å². The number of nitrogens with one attached hydrogen (secondary N) is 2. The molecule has 0 saturated carbocycles. The van der Waals surface area contributed by atoms with Gasteiger partial charge in [0, 0.05) is 11.6 Å². The van der Waals surface area contributed by atoms with Crippen molar-refractivity contribution in [3.63, 3.8) is 0 Å². The highest BCUT2D eigenvalue weighted by Gasteiger charge is 2.14. The molecule has 2 N–H and O–H groups in total. The van der Waals surface area contributed by atoms with Crippen LogP contribution in [-0.4, -0.2) is 43.3 Å². The average molecular weight is 431 g/mol. The van der Waals surface area contributed by atoms with Crippen LogP contribution in [0.4, 0.5) is 5.13 Å². The summed E-state index contributed by atoms with van der Waals surface area (Å²) in [4.78, 5) is 28.5. The molecule has 3 aromatic rings. The maximum Gasteiger partial charge on any atom is 0.337 e. The standard InChI is InChI=1S/C19H17N3O5S2/c1-25-12-6-11(7-13(9-12)26-2)16(23)21-18(28)22-19-20-14-5-4-10(17(24)27-3)8-15(14)29-19/h4-9H,1-3H3,(H2,20,21,22,23,28). The molecule has 0 bridgehead atoms. The van der Waals surface area contributed by atoms with E-state index in [1.807, 2.05) is 0 Å². The Morgan fingerprint density at radius 3 is 2.31 bits per heavy atom. The molecule has 0 unspecified atom stereocenters. The molecule has 0 saturated heterocycles. The molecule has 3 rings (SSSR count). The maximum atomic E-state index is 12.5. The van der Waals surface area contributed by atoms with Crippen LogP contribution in [-0.2, 0) is 4.74 Å². The highest BCUT2D eigenvalue weighted by atomic mass is 32.1. The molecule has 10 heteroatoms. The van der Waals surface area contributed by atoms with Crippen LogP contribution in [0.5, 0.6) is 11.5 Å². The van der Waals surface area contributed by atoms with Gasteiger partial charge in [0.05, 0.1) is 37.1 Å². The normalized spacial score (nSPS) is 10.3. The lowest BCUT2D eigenvalue weighted by molar-refractivity contribution is 0.0600. The van der Waals surface area contributed by atoms with E-state index in [1.165, 1.54) is 32.7 Å². The lowest BCUT2D eigenvalue weighted by Gasteiger charge is -2.10. The largest absolute Gasteiger partial charge is 0.497 e. The molecule has 1 heterocycles. The van der Waals surface area contributed by atoms with Crippen LogP contribution in [0.25, 0.3) is 10.2 Å². The van der Waals surface area contributed by atoms with Crippen molar-refractivity contribution in [1.82, 2.24) is 10.3 Å². The fourth-order valence-electron chi connectivity index (χ4n) is 2.47. The molecule has 0 aliphatic heterocycles. The van der Waals surface area contributed by atoms with Crippen LogP contribution in [0.2, 0.25) is 0 Å². The van der Waals surface area contributed by atoms with Crippen molar-refractivity contribution >= 4 is 55.9 Å². The number of amides is 1. The molecule has 0 atom stereocenters. The number of carbonyl (C=O) groups is 2. The summed E-state index contributed by atoms with van der Waals surface area (Å²) in [6.45, 7) is 0. The van der Waals surface area contributed by atoms with Crippen LogP contribution in [0.3, 0.4) is 0 Å². The summed E-state index contributed by atoms with van der Waals surface area (Å²) in [5, 5.41) is 6.04. The lowest BCUT2D eigenvalue weighted by Crippen LogP contribution is -2.34. The van der Waals surface area contributed by atoms with E-state index in [9.17, 15) is 9.59 Å². The van der Waals surface area contributed by atoms with Crippen LogP contribution in [0, 0.1) is 0 Å². The zero-order chi connectivity index (χ0) is 21.0. The smallest absolute Gasteiger partial charge is 0.337 e. The Balaban J connectivity index is 1.72. The van der Waals surface area contributed by atoms with Crippen molar-refractivity contribution in [2.24, 2.45) is 0 Å². The van der Waals surface area contributed by atoms with Crippen molar-refractivity contribution in [1.29, 1.82) is 0 Å². The zero-order valence-electron chi connectivity index (χ0n) is 15.8. The number of hydrogen-bond acceptors (Lipinski definition) is 8. The van der Waals surface area contributed by atoms with E-state index in [-0.39, 0.29) is 5.11 Å². The van der Waals surface area contributed by atoms with E-state index in [2.05, 4.69) is 15.6 Å². The molecule has 8 nitrogen and oxygen atoms in total. The molecule has 150 valence electrons. The summed E-state index contributed by atoms with van der Waals surface area (Å²) in [7, 11) is 4.33. The molecule has 0 radical (unpaired) electrons. The van der Waals surface area contributed by atoms with Crippen LogP contribution in [0.15, 0.2) is 36.4 Å². The van der Waals surface area contributed by atoms with Gasteiger partial charge in [-0.1, -0.05) is 11.3 Å². The van der Waals surface area contributed by atoms with Crippen molar-refractivity contribution in [2.45, 2.75) is 0 Å². The minimum absolute atomic E-state index is 0.0871. The highest BCUT2D eigenvalue weighted by molar-refractivity contribution is 7.80. The second-order valence-electron chi connectivity index (χ2n) is 5.70. The van der Waals surface area contributed by atoms with Gasteiger partial charge in [-0.25, -0.2) is 9.78 Å². The number of carbonyl (C=O) groups excluding carboxylic acids is 2. The van der Waals surface area contributed by atoms with Gasteiger partial charge in [0.25, 0.3) is 5.91 Å². The number of fused-ring (bicyclic) bond motifs is 1. The van der Waals surface area contributed by atoms with Gasteiger partial charge in [0.15, 0.2) is 10.2 Å². The first kappa shape index (κ1) is 20.5. The first-order valence-electron chi connectivity index (χ1n) is 8.28. The highest BCUT2D eigenvalue weighted by Crippen LogP contribution is 2.27. The second-order valence-corrected chi connectivity index (χ2v) is 7.14. The van der Waals surface area contributed by atoms with Gasteiger partial charge in [0.1, 0.15) is 11.5 Å². The molecule has 29 heavy (non-hydrogen) atoms. The molecule has 0 fully saturated rings. The summed E-state index contributed by atoms with van der Waals surface area (Å²) in [6, 6.07) is 9.85. The van der Waals surface area contributed by atoms with Crippen LogP contribution < -0.4 is 20.1 Å². The number of methoxy groups -OCH3 is 3. The number of anilines is 1. The number of ether oxygens (including phenoxy) is 3. The minimum Gasteiger partial charge on any atom is -0.497 e. The molecular formula is C19H17N3O5S2. The number of thiocarbonyl (C=S) groups is 1. The van der Waals surface area contributed by atoms with Gasteiger partial charge in [-0.2, -0.15) is 0 Å². The van der Waals surface area contributed by atoms with Gasteiger partial charge in [-0.3, -0.25) is 10.1 Å². The second kappa shape index (κ2) is 8.84. The number of rotatable bonds is 5. The molecule has 0 aliphatic rings. The summed E-state index contributed by atoms with van der Waals surface area (Å²) >= 11 is 6.51. The van der Waals surface area contributed by atoms with Gasteiger partial charge in [-0.05, 0) is 42.5 Å². The number of thiazole rings is 1. The molecule has 2 aromatic carbocycles. The van der Waals surface area contributed by atoms with E-state index in [0.29, 0.717) is 33.3 Å². The van der Waals surface area contributed by atoms with E-state index >= 15 is 0 Å². The average Bonchev–Trinajstić information content (AvgIpc) is 3.13. The number of benzene rings is 2. The Morgan fingerprint density at radius 2 is 1.69 bits per heavy atom. The van der Waals surface area contributed by atoms with E-state index in [4.69, 9.17) is 26.4 Å². The summed E-state index contributed by atoms with van der Waals surface area (Å²) in [5.41, 5.74) is 1.45. The molecule has 0 aliphatic carbocycles. The van der Waals surface area contributed by atoms with Crippen molar-refractivity contribution in [3.05, 3.63) is 47.5 Å². The van der Waals surface area contributed by atoms with Gasteiger partial charge < -0.3 is 19.5 Å². The molecule has 0 spiro atoms. The first-order valence-corrected chi connectivity index (χ1v) is 9.50. The Hall–Kier alpha value is -3.24. The monoisotopic (exact) mass is 431 g/mol. The van der Waals surface area contributed by atoms with E-state index in [1.54, 1.807) is 36.4 Å². The van der Waals surface area contributed by atoms with Crippen LogP contribution in [0.1, 0.15) is 20.7 Å². The summed E-state index contributed by atoms with van der Waals surface area (Å²) < 4.78 is 15.8. The summed E-state index contributed by atoms with van der Waals surface area (Å²) in [6.07, 6.45) is 0. The Morgan fingerprint density at radius 1 is 1.00 bits per heavy atom. The number of nitrogens with zero attached hydrogens (tertiary/aromatic N) is 1. The molecule has 1 amide bonds. The fraction of sp³-hybridized carbons (Fsp3) is 0.158. The Kier molecular flexibility index (Phi) is 6.25. The van der Waals surface area contributed by atoms with Gasteiger partial charge >= 0.3 is 5.97 Å². The number of aromatic nitrogens is 1. The third kappa shape index (κ3) is 4.79. The van der Waals surface area contributed by atoms with Crippen molar-refractivity contribution in [2.75, 3.05) is 26.6 Å². The minimum atomic E-state index is -0.425. The predicted molar refractivity (Wildman–Crippen MR) is 114 cm³/mol. The van der Waals surface area contributed by atoms with E-state index < -0.39 is 11.9 Å². The third-order valence-corrected chi connectivity index (χ3v) is 5.01. The van der Waals surface area contributed by atoms with Gasteiger partial charge in [-0.15, -0.1) is 0 Å². The molecule has 1 aromatic heterocycles. The Labute approximate surface area is 175 Å². The van der Waals surface area contributed by atoms with Crippen molar-refractivity contribution in [3.8, 4) is 11.5 Å². The summed E-state index contributed by atoms with van der Waals surface area (Å²) in [5.74, 6) is 0.127. The zero-order valence-corrected chi connectivity index (χ0v) is 17.4. The Bertz CT molecular complexity index is 1070. The quantitative estimate of drug-likeness (QED) is 0.469. The number of esters is 1. The number of hydrogen-bond donors (Lipinski definition) is 2. The van der Waals surface area contributed by atoms with Crippen LogP contribution >= 0.6 is 23.6 Å². The fourth-order valence-corrected chi connectivity index (χ4v) is 3.63. The molecular weight excluding hydrogens is 414 g/mol. The topological polar surface area (TPSA) is 98.8 Å². The maximum absolute atomic E-state index is 12.5. The SMILES string of the molecule is COC(=O)c1ccc2nc(NC(=S)NC(=O)c3cc(OC)cc(OC)c3)sc2c1. The predicted octanol–water partition coefficient (Wildman–Crippen LogP) is 3.23. The third-order valence-electron chi connectivity index (χ3n) is 3.87.